The fourth-order valence-corrected chi connectivity index (χ4v) is 3.20. The van der Waals surface area contributed by atoms with Gasteiger partial charge in [0.15, 0.2) is 5.78 Å². The van der Waals surface area contributed by atoms with E-state index in [1.807, 2.05) is 24.4 Å². The van der Waals surface area contributed by atoms with E-state index in [1.165, 1.54) is 19.3 Å². The lowest BCUT2D eigenvalue weighted by Gasteiger charge is -2.19. The van der Waals surface area contributed by atoms with E-state index < -0.39 is 0 Å². The summed E-state index contributed by atoms with van der Waals surface area (Å²) in [7, 11) is 0. The number of aromatic amines is 1. The van der Waals surface area contributed by atoms with Crippen LogP contribution in [-0.2, 0) is 0 Å². The van der Waals surface area contributed by atoms with E-state index in [2.05, 4.69) is 4.98 Å². The number of Topliss-reactive ketones (excluding diaryl/α,β-unsaturated/α-hetero) is 1. The van der Waals surface area contributed by atoms with Gasteiger partial charge >= 0.3 is 0 Å². The summed E-state index contributed by atoms with van der Waals surface area (Å²) in [6.07, 6.45) is 7.47. The normalized spacial score (nSPS) is 17.2. The number of fused-ring (bicyclic) bond motifs is 1. The van der Waals surface area contributed by atoms with Crippen LogP contribution in [-0.4, -0.2) is 10.8 Å². The quantitative estimate of drug-likeness (QED) is 0.789. The summed E-state index contributed by atoms with van der Waals surface area (Å²) in [4.78, 5) is 15.7. The second-order valence-corrected chi connectivity index (χ2v) is 5.47. The van der Waals surface area contributed by atoms with Crippen LogP contribution in [0.5, 0.6) is 0 Å². The molecule has 0 spiro atoms. The summed E-state index contributed by atoms with van der Waals surface area (Å²) in [5.74, 6) is 0.447. The Bertz CT molecular complexity index is 581. The smallest absolute Gasteiger partial charge is 0.168 e. The molecular weight excluding hydrogens is 246 g/mol. The molecular formula is C15H16ClNO. The largest absolute Gasteiger partial charge is 0.360 e. The Balaban J connectivity index is 2.01. The molecule has 0 atom stereocenters. The second kappa shape index (κ2) is 4.77. The molecule has 1 fully saturated rings. The monoisotopic (exact) mass is 261 g/mol. The Morgan fingerprint density at radius 2 is 2.00 bits per heavy atom. The Kier molecular flexibility index (Phi) is 3.13. The molecule has 0 unspecified atom stereocenters. The zero-order valence-electron chi connectivity index (χ0n) is 10.2. The molecule has 1 aromatic carbocycles. The first-order valence-corrected chi connectivity index (χ1v) is 6.95. The highest BCUT2D eigenvalue weighted by molar-refractivity contribution is 6.36. The Hall–Kier alpha value is -1.28. The molecule has 0 saturated heterocycles. The third-order valence-corrected chi connectivity index (χ3v) is 4.21. The molecule has 3 rings (SSSR count). The second-order valence-electron chi connectivity index (χ2n) is 5.06. The van der Waals surface area contributed by atoms with Gasteiger partial charge in [-0.25, -0.2) is 0 Å². The van der Waals surface area contributed by atoms with Crippen molar-refractivity contribution >= 4 is 28.3 Å². The van der Waals surface area contributed by atoms with Crippen molar-refractivity contribution < 1.29 is 4.79 Å². The Morgan fingerprint density at radius 1 is 1.22 bits per heavy atom. The lowest BCUT2D eigenvalue weighted by Crippen LogP contribution is -2.17. The molecule has 2 aromatic rings. The van der Waals surface area contributed by atoms with Gasteiger partial charge in [0.1, 0.15) is 0 Å². The first kappa shape index (κ1) is 11.8. The summed E-state index contributed by atoms with van der Waals surface area (Å²) >= 11 is 6.21. The van der Waals surface area contributed by atoms with E-state index in [9.17, 15) is 4.79 Å². The van der Waals surface area contributed by atoms with Gasteiger partial charge in [-0.05, 0) is 25.0 Å². The van der Waals surface area contributed by atoms with E-state index in [0.29, 0.717) is 5.02 Å². The van der Waals surface area contributed by atoms with Gasteiger partial charge in [-0.1, -0.05) is 36.9 Å². The van der Waals surface area contributed by atoms with Gasteiger partial charge in [0.05, 0.1) is 5.02 Å². The molecule has 0 amide bonds. The number of carbonyl (C=O) groups is 1. The van der Waals surface area contributed by atoms with E-state index in [0.717, 1.165) is 29.3 Å². The number of H-pyrrole nitrogens is 1. The van der Waals surface area contributed by atoms with Gasteiger partial charge in [-0.3, -0.25) is 4.79 Å². The molecule has 3 heteroatoms. The Morgan fingerprint density at radius 3 is 2.78 bits per heavy atom. The third kappa shape index (κ3) is 1.95. The van der Waals surface area contributed by atoms with Crippen molar-refractivity contribution in [3.05, 3.63) is 35.0 Å². The van der Waals surface area contributed by atoms with Crippen molar-refractivity contribution in [3.63, 3.8) is 0 Å². The van der Waals surface area contributed by atoms with Crippen molar-refractivity contribution in [1.82, 2.24) is 4.98 Å². The summed E-state index contributed by atoms with van der Waals surface area (Å²) in [5.41, 5.74) is 1.71. The molecule has 1 N–H and O–H groups in total. The number of nitrogens with one attached hydrogen (secondary N) is 1. The number of rotatable bonds is 2. The first-order chi connectivity index (χ1) is 8.77. The summed E-state index contributed by atoms with van der Waals surface area (Å²) in [5, 5.41) is 1.54. The third-order valence-electron chi connectivity index (χ3n) is 3.90. The van der Waals surface area contributed by atoms with Crippen LogP contribution in [0.2, 0.25) is 5.02 Å². The van der Waals surface area contributed by atoms with E-state index in [4.69, 9.17) is 11.6 Å². The first-order valence-electron chi connectivity index (χ1n) is 6.57. The van der Waals surface area contributed by atoms with Crippen LogP contribution in [0, 0.1) is 5.92 Å². The van der Waals surface area contributed by atoms with Gasteiger partial charge in [0.25, 0.3) is 0 Å². The standard InChI is InChI=1S/C15H16ClNO/c16-12-7-4-8-13-14(12)11(9-17-13)15(18)10-5-2-1-3-6-10/h4,7-10,17H,1-3,5-6H2. The number of hydrogen-bond donors (Lipinski definition) is 1. The minimum Gasteiger partial charge on any atom is -0.360 e. The average Bonchev–Trinajstić information content (AvgIpc) is 2.84. The highest BCUT2D eigenvalue weighted by atomic mass is 35.5. The van der Waals surface area contributed by atoms with Crippen molar-refractivity contribution in [2.75, 3.05) is 0 Å². The van der Waals surface area contributed by atoms with Gasteiger partial charge in [-0.2, -0.15) is 0 Å². The Labute approximate surface area is 111 Å². The molecule has 1 heterocycles. The lowest BCUT2D eigenvalue weighted by molar-refractivity contribution is 0.0891. The average molecular weight is 262 g/mol. The number of aromatic nitrogens is 1. The SMILES string of the molecule is O=C(c1c[nH]c2cccc(Cl)c12)C1CCCCC1. The minimum atomic E-state index is 0.189. The van der Waals surface area contributed by atoms with Crippen LogP contribution in [0.15, 0.2) is 24.4 Å². The maximum atomic E-state index is 12.5. The molecule has 0 bridgehead atoms. The van der Waals surface area contributed by atoms with Crippen LogP contribution in [0.4, 0.5) is 0 Å². The van der Waals surface area contributed by atoms with Gasteiger partial charge in [0.2, 0.25) is 0 Å². The number of halogens is 1. The fraction of sp³-hybridized carbons (Fsp3) is 0.400. The molecule has 94 valence electrons. The van der Waals surface area contributed by atoms with Crippen molar-refractivity contribution in [1.29, 1.82) is 0 Å². The lowest BCUT2D eigenvalue weighted by atomic mass is 9.84. The minimum absolute atomic E-state index is 0.189. The number of hydrogen-bond acceptors (Lipinski definition) is 1. The number of benzene rings is 1. The predicted octanol–water partition coefficient (Wildman–Crippen LogP) is 4.58. The highest BCUT2D eigenvalue weighted by Gasteiger charge is 2.24. The molecule has 1 aliphatic rings. The molecule has 1 saturated carbocycles. The molecule has 2 nitrogen and oxygen atoms in total. The fourth-order valence-electron chi connectivity index (χ4n) is 2.92. The van der Waals surface area contributed by atoms with Crippen LogP contribution in [0.3, 0.4) is 0 Å². The highest BCUT2D eigenvalue weighted by Crippen LogP contribution is 2.32. The van der Waals surface area contributed by atoms with Crippen LogP contribution in [0.25, 0.3) is 10.9 Å². The van der Waals surface area contributed by atoms with Crippen LogP contribution < -0.4 is 0 Å². The maximum Gasteiger partial charge on any atom is 0.168 e. The molecule has 18 heavy (non-hydrogen) atoms. The van der Waals surface area contributed by atoms with Crippen molar-refractivity contribution in [3.8, 4) is 0 Å². The van der Waals surface area contributed by atoms with Crippen molar-refractivity contribution in [2.24, 2.45) is 5.92 Å². The molecule has 1 aromatic heterocycles. The van der Waals surface area contributed by atoms with E-state index in [1.54, 1.807) is 0 Å². The van der Waals surface area contributed by atoms with Gasteiger partial charge < -0.3 is 4.98 Å². The maximum absolute atomic E-state index is 12.5. The van der Waals surface area contributed by atoms with Crippen LogP contribution in [0.1, 0.15) is 42.5 Å². The van der Waals surface area contributed by atoms with E-state index in [-0.39, 0.29) is 11.7 Å². The zero-order valence-corrected chi connectivity index (χ0v) is 11.0. The summed E-state index contributed by atoms with van der Waals surface area (Å²) < 4.78 is 0. The molecule has 1 aliphatic carbocycles. The zero-order chi connectivity index (χ0) is 12.5. The summed E-state index contributed by atoms with van der Waals surface area (Å²) in [6.45, 7) is 0. The molecule has 0 aliphatic heterocycles. The topological polar surface area (TPSA) is 32.9 Å². The molecule has 0 radical (unpaired) electrons. The van der Waals surface area contributed by atoms with Crippen LogP contribution >= 0.6 is 11.6 Å². The number of ketones is 1. The van der Waals surface area contributed by atoms with E-state index >= 15 is 0 Å². The number of carbonyl (C=O) groups excluding carboxylic acids is 1. The summed E-state index contributed by atoms with van der Waals surface area (Å²) in [6, 6.07) is 5.70. The van der Waals surface area contributed by atoms with Gasteiger partial charge in [0, 0.05) is 28.6 Å². The predicted molar refractivity (Wildman–Crippen MR) is 74.2 cm³/mol. The van der Waals surface area contributed by atoms with Gasteiger partial charge in [-0.15, -0.1) is 0 Å². The van der Waals surface area contributed by atoms with Crippen molar-refractivity contribution in [2.45, 2.75) is 32.1 Å².